The fraction of sp³-hybridized carbons (Fsp3) is 0.500. The largest absolute Gasteiger partial charge is 0.321 e. The topological polar surface area (TPSA) is 13.7 Å². The van der Waals surface area contributed by atoms with Crippen LogP contribution in [-0.4, -0.2) is 20.3 Å². The zero-order valence-electron chi connectivity index (χ0n) is 8.92. The molecule has 1 unspecified atom stereocenters. The summed E-state index contributed by atoms with van der Waals surface area (Å²) in [5.41, 5.74) is 1.23. The second kappa shape index (κ2) is 3.71. The van der Waals surface area contributed by atoms with Gasteiger partial charge in [0.1, 0.15) is 5.60 Å². The fourth-order valence-electron chi connectivity index (χ4n) is 1.90. The van der Waals surface area contributed by atoms with Crippen LogP contribution in [0.1, 0.15) is 18.9 Å². The van der Waals surface area contributed by atoms with Crippen molar-refractivity contribution in [1.82, 2.24) is 0 Å². The monoisotopic (exact) mass is 192 g/mol. The van der Waals surface area contributed by atoms with Crippen molar-refractivity contribution < 1.29 is 9.64 Å². The first-order chi connectivity index (χ1) is 6.71. The van der Waals surface area contributed by atoms with Gasteiger partial charge in [-0.05, 0) is 12.5 Å². The Morgan fingerprint density at radius 1 is 1.29 bits per heavy atom. The van der Waals surface area contributed by atoms with Crippen LogP contribution in [0.15, 0.2) is 30.3 Å². The maximum absolute atomic E-state index is 5.93. The van der Waals surface area contributed by atoms with E-state index in [1.807, 2.05) is 6.07 Å². The zero-order chi connectivity index (χ0) is 10.0. The molecule has 0 radical (unpaired) electrons. The van der Waals surface area contributed by atoms with E-state index >= 15 is 0 Å². The molecule has 1 aliphatic heterocycles. The highest BCUT2D eigenvalue weighted by atomic mass is 16.5. The number of ether oxygens (including phenoxy) is 1. The number of rotatable bonds is 1. The Hall–Kier alpha value is -0.860. The highest BCUT2D eigenvalue weighted by Gasteiger charge is 2.33. The van der Waals surface area contributed by atoms with Crippen LogP contribution in [-0.2, 0) is 10.3 Å². The lowest BCUT2D eigenvalue weighted by atomic mass is 9.91. The average molecular weight is 192 g/mol. The number of hydrogen-bond acceptors (Lipinski definition) is 1. The first-order valence-electron chi connectivity index (χ1n) is 5.21. The quantitative estimate of drug-likeness (QED) is 0.694. The first-order valence-corrected chi connectivity index (χ1v) is 5.21. The minimum Gasteiger partial charge on any atom is -0.321 e. The van der Waals surface area contributed by atoms with E-state index in [1.54, 1.807) is 0 Å². The van der Waals surface area contributed by atoms with E-state index in [1.165, 1.54) is 17.0 Å². The molecule has 1 aliphatic rings. The molecule has 0 aliphatic carbocycles. The Balaban J connectivity index is 2.17. The van der Waals surface area contributed by atoms with Gasteiger partial charge in [-0.1, -0.05) is 30.3 Å². The summed E-state index contributed by atoms with van der Waals surface area (Å²) in [6, 6.07) is 10.5. The second-order valence-electron chi connectivity index (χ2n) is 4.34. The van der Waals surface area contributed by atoms with Crippen molar-refractivity contribution in [2.45, 2.75) is 18.9 Å². The third kappa shape index (κ3) is 1.81. The van der Waals surface area contributed by atoms with Crippen molar-refractivity contribution in [2.75, 3.05) is 20.3 Å². The maximum atomic E-state index is 5.93. The molecule has 1 aromatic carbocycles. The third-order valence-corrected chi connectivity index (χ3v) is 3.05. The SMILES string of the molecule is C[NH+]1CC[C@](C)(c2ccccc2)OC1. The van der Waals surface area contributed by atoms with E-state index in [0.29, 0.717) is 0 Å². The van der Waals surface area contributed by atoms with Crippen molar-refractivity contribution in [1.29, 1.82) is 0 Å². The Morgan fingerprint density at radius 2 is 2.00 bits per heavy atom. The van der Waals surface area contributed by atoms with Gasteiger partial charge in [-0.2, -0.15) is 0 Å². The van der Waals surface area contributed by atoms with E-state index in [-0.39, 0.29) is 5.60 Å². The summed E-state index contributed by atoms with van der Waals surface area (Å²) in [5.74, 6) is 0. The highest BCUT2D eigenvalue weighted by molar-refractivity contribution is 5.21. The Labute approximate surface area is 85.5 Å². The van der Waals surface area contributed by atoms with Crippen LogP contribution in [0.2, 0.25) is 0 Å². The van der Waals surface area contributed by atoms with Gasteiger partial charge in [-0.3, -0.25) is 0 Å². The van der Waals surface area contributed by atoms with Crippen LogP contribution in [0, 0.1) is 0 Å². The molecule has 0 spiro atoms. The summed E-state index contributed by atoms with van der Waals surface area (Å²) in [6.07, 6.45) is 1.10. The Morgan fingerprint density at radius 3 is 2.57 bits per heavy atom. The number of nitrogens with one attached hydrogen (secondary N) is 1. The predicted octanol–water partition coefficient (Wildman–Crippen LogP) is 0.794. The summed E-state index contributed by atoms with van der Waals surface area (Å²) in [6.45, 7) is 4.19. The van der Waals surface area contributed by atoms with Crippen molar-refractivity contribution in [2.24, 2.45) is 0 Å². The number of benzene rings is 1. The molecular formula is C12H18NO+. The molecule has 2 nitrogen and oxygen atoms in total. The van der Waals surface area contributed by atoms with E-state index in [2.05, 4.69) is 38.2 Å². The lowest BCUT2D eigenvalue weighted by Gasteiger charge is -2.36. The highest BCUT2D eigenvalue weighted by Crippen LogP contribution is 2.28. The van der Waals surface area contributed by atoms with E-state index < -0.39 is 0 Å². The molecule has 14 heavy (non-hydrogen) atoms. The zero-order valence-corrected chi connectivity index (χ0v) is 8.92. The van der Waals surface area contributed by atoms with Gasteiger partial charge in [0.05, 0.1) is 13.6 Å². The van der Waals surface area contributed by atoms with Crippen molar-refractivity contribution in [3.63, 3.8) is 0 Å². The molecule has 0 saturated carbocycles. The normalized spacial score (nSPS) is 32.9. The van der Waals surface area contributed by atoms with Crippen molar-refractivity contribution >= 4 is 0 Å². The Bertz CT molecular complexity index is 288. The predicted molar refractivity (Wildman–Crippen MR) is 56.1 cm³/mol. The molecule has 2 atom stereocenters. The summed E-state index contributed by atoms with van der Waals surface area (Å²) in [7, 11) is 2.17. The molecule has 1 saturated heterocycles. The van der Waals surface area contributed by atoms with E-state index in [0.717, 1.165) is 13.2 Å². The lowest BCUT2D eigenvalue weighted by molar-refractivity contribution is -0.913. The molecular weight excluding hydrogens is 174 g/mol. The Kier molecular flexibility index (Phi) is 2.57. The summed E-state index contributed by atoms with van der Waals surface area (Å²) >= 11 is 0. The van der Waals surface area contributed by atoms with E-state index in [4.69, 9.17) is 4.74 Å². The molecule has 1 N–H and O–H groups in total. The van der Waals surface area contributed by atoms with Gasteiger partial charge in [-0.15, -0.1) is 0 Å². The smallest absolute Gasteiger partial charge is 0.182 e. The minimum atomic E-state index is -0.0687. The van der Waals surface area contributed by atoms with Crippen LogP contribution in [0.5, 0.6) is 0 Å². The van der Waals surface area contributed by atoms with Crippen LogP contribution in [0.3, 0.4) is 0 Å². The second-order valence-corrected chi connectivity index (χ2v) is 4.34. The van der Waals surface area contributed by atoms with Gasteiger partial charge >= 0.3 is 0 Å². The summed E-state index contributed by atoms with van der Waals surface area (Å²) < 4.78 is 5.93. The minimum absolute atomic E-state index is 0.0687. The molecule has 0 amide bonds. The molecule has 0 aromatic heterocycles. The third-order valence-electron chi connectivity index (χ3n) is 3.05. The van der Waals surface area contributed by atoms with Gasteiger partial charge in [-0.25, -0.2) is 0 Å². The van der Waals surface area contributed by atoms with Gasteiger partial charge in [0.25, 0.3) is 0 Å². The molecule has 0 bridgehead atoms. The van der Waals surface area contributed by atoms with Gasteiger partial charge in [0.15, 0.2) is 6.73 Å². The lowest BCUT2D eigenvalue weighted by Crippen LogP contribution is -3.11. The van der Waals surface area contributed by atoms with E-state index in [9.17, 15) is 0 Å². The number of quaternary nitrogens is 1. The molecule has 1 aromatic rings. The van der Waals surface area contributed by atoms with Gasteiger partial charge < -0.3 is 9.64 Å². The van der Waals surface area contributed by atoms with Gasteiger partial charge in [0, 0.05) is 6.42 Å². The molecule has 76 valence electrons. The summed E-state index contributed by atoms with van der Waals surface area (Å²) in [5, 5.41) is 0. The average Bonchev–Trinajstić information content (AvgIpc) is 2.24. The first kappa shape index (κ1) is 9.69. The maximum Gasteiger partial charge on any atom is 0.182 e. The van der Waals surface area contributed by atoms with Crippen LogP contribution < -0.4 is 4.90 Å². The van der Waals surface area contributed by atoms with Crippen LogP contribution in [0.4, 0.5) is 0 Å². The molecule has 1 fully saturated rings. The standard InChI is InChI=1S/C12H17NO/c1-12(8-9-13(2)10-14-12)11-6-4-3-5-7-11/h3-7H,8-10H2,1-2H3/p+1/t12-/m1/s1. The van der Waals surface area contributed by atoms with Crippen molar-refractivity contribution in [3.05, 3.63) is 35.9 Å². The van der Waals surface area contributed by atoms with Crippen LogP contribution >= 0.6 is 0 Å². The molecule has 1 heterocycles. The van der Waals surface area contributed by atoms with Crippen molar-refractivity contribution in [3.8, 4) is 0 Å². The van der Waals surface area contributed by atoms with Gasteiger partial charge in [0.2, 0.25) is 0 Å². The van der Waals surface area contributed by atoms with Crippen LogP contribution in [0.25, 0.3) is 0 Å². The number of hydrogen-bond donors (Lipinski definition) is 1. The molecule has 2 heteroatoms. The molecule has 2 rings (SSSR count). The fourth-order valence-corrected chi connectivity index (χ4v) is 1.90. The summed E-state index contributed by atoms with van der Waals surface area (Å²) in [4.78, 5) is 1.46.